The van der Waals surface area contributed by atoms with Gasteiger partial charge in [-0.3, -0.25) is 0 Å². The molecule has 6 heteroatoms. The number of para-hydroxylation sites is 1. The van der Waals surface area contributed by atoms with Crippen LogP contribution in [-0.4, -0.2) is 30.2 Å². The van der Waals surface area contributed by atoms with E-state index in [1.54, 1.807) is 31.6 Å². The number of benzene rings is 1. The van der Waals surface area contributed by atoms with Crippen LogP contribution in [0.25, 0.3) is 0 Å². The van der Waals surface area contributed by atoms with Gasteiger partial charge in [0.2, 0.25) is 0 Å². The van der Waals surface area contributed by atoms with Crippen LogP contribution >= 0.6 is 11.6 Å². The lowest BCUT2D eigenvalue weighted by Crippen LogP contribution is -2.18. The number of ether oxygens (including phenoxy) is 2. The van der Waals surface area contributed by atoms with Crippen LogP contribution < -0.4 is 10.1 Å². The highest BCUT2D eigenvalue weighted by molar-refractivity contribution is 6.32. The highest BCUT2D eigenvalue weighted by Crippen LogP contribution is 2.26. The minimum atomic E-state index is 0.277. The van der Waals surface area contributed by atoms with Crippen molar-refractivity contribution in [1.29, 1.82) is 0 Å². The monoisotopic (exact) mass is 293 g/mol. The van der Waals surface area contributed by atoms with E-state index >= 15 is 0 Å². The molecule has 0 aliphatic rings. The van der Waals surface area contributed by atoms with Gasteiger partial charge < -0.3 is 14.8 Å². The molecule has 0 radical (unpaired) electrons. The number of hydrogen-bond acceptors (Lipinski definition) is 5. The molecule has 1 N–H and O–H groups in total. The molecule has 0 saturated heterocycles. The third kappa shape index (κ3) is 4.45. The van der Waals surface area contributed by atoms with E-state index in [4.69, 9.17) is 21.1 Å². The van der Waals surface area contributed by atoms with Crippen molar-refractivity contribution in [3.05, 3.63) is 47.2 Å². The van der Waals surface area contributed by atoms with Crippen molar-refractivity contribution in [3.63, 3.8) is 0 Å². The van der Waals surface area contributed by atoms with E-state index in [1.807, 2.05) is 12.1 Å². The van der Waals surface area contributed by atoms with Crippen LogP contribution in [0.3, 0.4) is 0 Å². The zero-order chi connectivity index (χ0) is 14.2. The van der Waals surface area contributed by atoms with Crippen LogP contribution in [-0.2, 0) is 11.3 Å². The van der Waals surface area contributed by atoms with Crippen LogP contribution in [0, 0.1) is 0 Å². The number of rotatable bonds is 7. The van der Waals surface area contributed by atoms with Gasteiger partial charge in [0, 0.05) is 38.2 Å². The molecule has 106 valence electrons. The molecule has 0 aliphatic heterocycles. The first-order valence-electron chi connectivity index (χ1n) is 6.22. The predicted octanol–water partition coefficient (Wildman–Crippen LogP) is 2.66. The minimum absolute atomic E-state index is 0.277. The molecule has 2 rings (SSSR count). The van der Waals surface area contributed by atoms with Gasteiger partial charge in [0.1, 0.15) is 5.75 Å². The first-order valence-corrected chi connectivity index (χ1v) is 6.60. The van der Waals surface area contributed by atoms with Gasteiger partial charge in [0.15, 0.2) is 0 Å². The normalized spacial score (nSPS) is 10.5. The molecule has 2 aromatic rings. The average Bonchev–Trinajstić information content (AvgIpc) is 2.48. The summed E-state index contributed by atoms with van der Waals surface area (Å²) in [5, 5.41) is 3.74. The lowest BCUT2D eigenvalue weighted by molar-refractivity contribution is 0.199. The van der Waals surface area contributed by atoms with Gasteiger partial charge in [0.25, 0.3) is 0 Å². The Morgan fingerprint density at radius 2 is 1.95 bits per heavy atom. The van der Waals surface area contributed by atoms with Gasteiger partial charge in [-0.1, -0.05) is 23.7 Å². The summed E-state index contributed by atoms with van der Waals surface area (Å²) < 4.78 is 10.5. The maximum Gasteiger partial charge on any atom is 0.321 e. The van der Waals surface area contributed by atoms with Crippen LogP contribution in [0.4, 0.5) is 0 Å². The Morgan fingerprint density at radius 3 is 2.65 bits per heavy atom. The zero-order valence-corrected chi connectivity index (χ0v) is 11.9. The second-order valence-electron chi connectivity index (χ2n) is 4.08. The summed E-state index contributed by atoms with van der Waals surface area (Å²) in [5.41, 5.74) is 0.979. The third-order valence-electron chi connectivity index (χ3n) is 2.53. The van der Waals surface area contributed by atoms with E-state index in [0.29, 0.717) is 23.9 Å². The van der Waals surface area contributed by atoms with Crippen LogP contribution in [0.15, 0.2) is 36.7 Å². The largest absolute Gasteiger partial charge is 0.423 e. The van der Waals surface area contributed by atoms with Gasteiger partial charge >= 0.3 is 6.01 Å². The molecule has 0 saturated carbocycles. The summed E-state index contributed by atoms with van der Waals surface area (Å²) in [6, 6.07) is 7.48. The molecule has 0 amide bonds. The van der Waals surface area contributed by atoms with Crippen molar-refractivity contribution in [2.75, 3.05) is 20.3 Å². The Hall–Kier alpha value is -1.69. The van der Waals surface area contributed by atoms with Gasteiger partial charge in [0.05, 0.1) is 11.6 Å². The van der Waals surface area contributed by atoms with Gasteiger partial charge in [-0.15, -0.1) is 0 Å². The summed E-state index contributed by atoms with van der Waals surface area (Å²) in [6.45, 7) is 2.15. The van der Waals surface area contributed by atoms with Crippen LogP contribution in [0.5, 0.6) is 11.8 Å². The molecule has 0 atom stereocenters. The SMILES string of the molecule is COCCNCc1cnc(Oc2ccccc2Cl)nc1. The van der Waals surface area contributed by atoms with Gasteiger partial charge in [-0.05, 0) is 12.1 Å². The highest BCUT2D eigenvalue weighted by Gasteiger charge is 2.04. The van der Waals surface area contributed by atoms with Crippen molar-refractivity contribution in [2.45, 2.75) is 6.54 Å². The van der Waals surface area contributed by atoms with Crippen molar-refractivity contribution in [1.82, 2.24) is 15.3 Å². The zero-order valence-electron chi connectivity index (χ0n) is 11.2. The minimum Gasteiger partial charge on any atom is -0.423 e. The highest BCUT2D eigenvalue weighted by atomic mass is 35.5. The van der Waals surface area contributed by atoms with Crippen LogP contribution in [0.1, 0.15) is 5.56 Å². The van der Waals surface area contributed by atoms with E-state index < -0.39 is 0 Å². The predicted molar refractivity (Wildman–Crippen MR) is 77.1 cm³/mol. The molecular formula is C14H16ClN3O2. The van der Waals surface area contributed by atoms with E-state index in [1.165, 1.54) is 0 Å². The fourth-order valence-corrected chi connectivity index (χ4v) is 1.69. The Balaban J connectivity index is 1.90. The van der Waals surface area contributed by atoms with E-state index in [0.717, 1.165) is 12.1 Å². The van der Waals surface area contributed by atoms with Crippen LogP contribution in [0.2, 0.25) is 5.02 Å². The maximum atomic E-state index is 6.00. The molecular weight excluding hydrogens is 278 g/mol. The third-order valence-corrected chi connectivity index (χ3v) is 2.84. The summed E-state index contributed by atoms with van der Waals surface area (Å²) in [4.78, 5) is 8.30. The van der Waals surface area contributed by atoms with E-state index in [-0.39, 0.29) is 6.01 Å². The molecule has 1 aromatic heterocycles. The van der Waals surface area contributed by atoms with E-state index in [2.05, 4.69) is 15.3 Å². The average molecular weight is 294 g/mol. The number of nitrogens with zero attached hydrogens (tertiary/aromatic N) is 2. The van der Waals surface area contributed by atoms with Crippen molar-refractivity contribution >= 4 is 11.6 Å². The molecule has 20 heavy (non-hydrogen) atoms. The second kappa shape index (κ2) is 7.79. The Morgan fingerprint density at radius 1 is 1.20 bits per heavy atom. The summed E-state index contributed by atoms with van der Waals surface area (Å²) in [6.07, 6.45) is 3.44. The lowest BCUT2D eigenvalue weighted by Gasteiger charge is -2.06. The summed E-state index contributed by atoms with van der Waals surface area (Å²) in [5.74, 6) is 0.542. The summed E-state index contributed by atoms with van der Waals surface area (Å²) in [7, 11) is 1.67. The smallest absolute Gasteiger partial charge is 0.321 e. The van der Waals surface area contributed by atoms with E-state index in [9.17, 15) is 0 Å². The first-order chi connectivity index (χ1) is 9.79. The lowest BCUT2D eigenvalue weighted by atomic mass is 10.3. The molecule has 0 fully saturated rings. The molecule has 5 nitrogen and oxygen atoms in total. The van der Waals surface area contributed by atoms with Crippen molar-refractivity contribution in [2.24, 2.45) is 0 Å². The Labute approximate surface area is 122 Å². The molecule has 0 aliphatic carbocycles. The maximum absolute atomic E-state index is 6.00. The van der Waals surface area contributed by atoms with Crippen molar-refractivity contribution < 1.29 is 9.47 Å². The molecule has 0 spiro atoms. The molecule has 0 bridgehead atoms. The number of halogens is 1. The standard InChI is InChI=1S/C14H16ClN3O2/c1-19-7-6-16-8-11-9-17-14(18-10-11)20-13-5-3-2-4-12(13)15/h2-5,9-10,16H,6-8H2,1H3. The Bertz CT molecular complexity index is 534. The van der Waals surface area contributed by atoms with Gasteiger partial charge in [-0.25, -0.2) is 9.97 Å². The quantitative estimate of drug-likeness (QED) is 0.795. The Kier molecular flexibility index (Phi) is 5.73. The molecule has 1 aromatic carbocycles. The van der Waals surface area contributed by atoms with Crippen molar-refractivity contribution in [3.8, 4) is 11.8 Å². The fraction of sp³-hybridized carbons (Fsp3) is 0.286. The van der Waals surface area contributed by atoms with Gasteiger partial charge in [-0.2, -0.15) is 0 Å². The second-order valence-corrected chi connectivity index (χ2v) is 4.48. The number of aromatic nitrogens is 2. The topological polar surface area (TPSA) is 56.3 Å². The number of hydrogen-bond donors (Lipinski definition) is 1. The number of nitrogens with one attached hydrogen (secondary N) is 1. The number of methoxy groups -OCH3 is 1. The fourth-order valence-electron chi connectivity index (χ4n) is 1.52. The summed E-state index contributed by atoms with van der Waals surface area (Å²) >= 11 is 6.00. The molecule has 0 unspecified atom stereocenters. The first kappa shape index (κ1) is 14.7. The molecule has 1 heterocycles.